The van der Waals surface area contributed by atoms with E-state index in [1.165, 1.54) is 0 Å². The Bertz CT molecular complexity index is 779. The number of rotatable bonds is 16. The van der Waals surface area contributed by atoms with Gasteiger partial charge in [-0.25, -0.2) is 8.42 Å². The molecule has 2 saturated heterocycles. The van der Waals surface area contributed by atoms with Crippen molar-refractivity contribution in [3.05, 3.63) is 0 Å². The van der Waals surface area contributed by atoms with Crippen molar-refractivity contribution >= 4 is 22.1 Å². The summed E-state index contributed by atoms with van der Waals surface area (Å²) in [6.45, 7) is 8.83. The number of fused-ring (bicyclic) bond motifs is 1. The molecule has 2 fully saturated rings. The molecule has 3 unspecified atom stereocenters. The van der Waals surface area contributed by atoms with Crippen LogP contribution < -0.4 is 29.6 Å². The Labute approximate surface area is 255 Å². The van der Waals surface area contributed by atoms with Gasteiger partial charge in [-0.3, -0.25) is 9.59 Å². The van der Waals surface area contributed by atoms with Gasteiger partial charge in [0.1, 0.15) is 34.5 Å². The molecular weight excluding hydrogens is 543 g/mol. The zero-order valence-corrected chi connectivity index (χ0v) is 27.0. The third-order valence-corrected chi connectivity index (χ3v) is 8.05. The van der Waals surface area contributed by atoms with Gasteiger partial charge in [0.25, 0.3) is 0 Å². The van der Waals surface area contributed by atoms with Gasteiger partial charge in [-0.15, -0.1) is 0 Å². The van der Waals surface area contributed by atoms with Crippen molar-refractivity contribution in [2.75, 3.05) is 26.4 Å². The molecule has 0 radical (unpaired) electrons. The molecule has 0 aliphatic carbocycles. The van der Waals surface area contributed by atoms with E-state index in [9.17, 15) is 22.6 Å². The van der Waals surface area contributed by atoms with Gasteiger partial charge >= 0.3 is 41.5 Å². The molecule has 0 aromatic carbocycles. The van der Waals surface area contributed by atoms with Crippen LogP contribution in [0.25, 0.3) is 0 Å². The minimum absolute atomic E-state index is 0. The van der Waals surface area contributed by atoms with E-state index in [-0.39, 0.29) is 80.0 Å². The van der Waals surface area contributed by atoms with Crippen molar-refractivity contribution in [2.45, 2.75) is 115 Å². The molecule has 7 atom stereocenters. The average Bonchev–Trinajstić information content (AvgIpc) is 3.44. The van der Waals surface area contributed by atoms with Crippen molar-refractivity contribution in [1.29, 1.82) is 0 Å². The van der Waals surface area contributed by atoms with Crippen LogP contribution in [0, 0.1) is 11.8 Å². The predicted molar refractivity (Wildman–Crippen MR) is 138 cm³/mol. The minimum Gasteiger partial charge on any atom is -0.747 e. The molecule has 39 heavy (non-hydrogen) atoms. The first-order valence-corrected chi connectivity index (χ1v) is 15.3. The van der Waals surface area contributed by atoms with Crippen LogP contribution in [-0.4, -0.2) is 91.2 Å². The van der Waals surface area contributed by atoms with E-state index in [1.807, 2.05) is 13.8 Å². The first-order valence-electron chi connectivity index (χ1n) is 13.8. The molecule has 0 aromatic heterocycles. The van der Waals surface area contributed by atoms with Gasteiger partial charge in [-0.05, 0) is 24.7 Å². The summed E-state index contributed by atoms with van der Waals surface area (Å²) >= 11 is 0. The van der Waals surface area contributed by atoms with Gasteiger partial charge in [-0.1, -0.05) is 66.2 Å². The van der Waals surface area contributed by atoms with Crippen molar-refractivity contribution in [2.24, 2.45) is 11.8 Å². The topological polar surface area (TPSA) is 169 Å². The number of aliphatic hydroxyl groups is 2. The van der Waals surface area contributed by atoms with Crippen LogP contribution >= 0.6 is 0 Å². The standard InChI is InChI=1S/C20H38O7S.C6H10O4.Na/c1-5-9-11-16(7-3)14-26-19(21)13-18(28(23,24)25)20(22)27-15-17(8-4)12-10-6-2;7-3-1-9-6-4(8)2-10-5(3)6;/h16-18H,5-15H2,1-4H3,(H,23,24,25);3-8H,1-2H2;/q;;+1/p-1/t;3-,4+,5-,6-;/m.1./s1. The number of hydrogen-bond donors (Lipinski definition) is 2. The number of carbonyl (C=O) groups excluding carboxylic acids is 2. The van der Waals surface area contributed by atoms with Crippen LogP contribution in [0.2, 0.25) is 0 Å². The fraction of sp³-hybridized carbons (Fsp3) is 0.923. The SMILES string of the molecule is CCCCC(CC)COC(=O)CC(C(=O)OCC(CC)CCCC)S(=O)(=O)[O-].O[C@@H]1CO[C@H]2[C@@H]1OC[C@@H]2O.[Na+]. The Balaban J connectivity index is 0.00000108. The zero-order chi connectivity index (χ0) is 28.7. The van der Waals surface area contributed by atoms with Gasteiger partial charge in [0, 0.05) is 0 Å². The molecule has 0 amide bonds. The molecule has 224 valence electrons. The molecule has 2 heterocycles. The number of esters is 2. The van der Waals surface area contributed by atoms with E-state index in [0.29, 0.717) is 0 Å². The maximum absolute atomic E-state index is 12.1. The number of hydrogen-bond acceptors (Lipinski definition) is 11. The first kappa shape index (κ1) is 38.7. The van der Waals surface area contributed by atoms with E-state index < -0.39 is 45.9 Å². The summed E-state index contributed by atoms with van der Waals surface area (Å²) in [6.07, 6.45) is 4.88. The Hall–Kier alpha value is -0.310. The Morgan fingerprint density at radius 1 is 0.872 bits per heavy atom. The Kier molecular flexibility index (Phi) is 20.4. The second kappa shape index (κ2) is 20.5. The average molecular weight is 591 g/mol. The fourth-order valence-electron chi connectivity index (χ4n) is 4.27. The quantitative estimate of drug-likeness (QED) is 0.133. The van der Waals surface area contributed by atoms with Gasteiger partial charge in [0.05, 0.1) is 32.8 Å². The second-order valence-electron chi connectivity index (χ2n) is 10.1. The summed E-state index contributed by atoms with van der Waals surface area (Å²) in [5.74, 6) is -1.74. The number of unbranched alkanes of at least 4 members (excludes halogenated alkanes) is 2. The third kappa shape index (κ3) is 14.4. The van der Waals surface area contributed by atoms with E-state index in [2.05, 4.69) is 13.8 Å². The molecule has 0 bridgehead atoms. The molecule has 13 heteroatoms. The van der Waals surface area contributed by atoms with Gasteiger partial charge < -0.3 is 33.7 Å². The molecule has 0 spiro atoms. The number of carbonyl (C=O) groups is 2. The maximum atomic E-state index is 12.1. The molecule has 2 aliphatic heterocycles. The third-order valence-electron chi connectivity index (χ3n) is 6.99. The zero-order valence-electron chi connectivity index (χ0n) is 24.2. The second-order valence-corrected chi connectivity index (χ2v) is 11.6. The van der Waals surface area contributed by atoms with Crippen LogP contribution in [0.1, 0.15) is 85.5 Å². The molecule has 0 saturated carbocycles. The largest absolute Gasteiger partial charge is 1.00 e. The number of ether oxygens (including phenoxy) is 4. The minimum atomic E-state index is -5.01. The van der Waals surface area contributed by atoms with Crippen molar-refractivity contribution in [3.63, 3.8) is 0 Å². The summed E-state index contributed by atoms with van der Waals surface area (Å²) in [4.78, 5) is 24.1. The van der Waals surface area contributed by atoms with Crippen LogP contribution in [0.15, 0.2) is 0 Å². The molecule has 11 nitrogen and oxygen atoms in total. The Morgan fingerprint density at radius 2 is 1.31 bits per heavy atom. The maximum Gasteiger partial charge on any atom is 1.00 e. The monoisotopic (exact) mass is 590 g/mol. The van der Waals surface area contributed by atoms with Crippen molar-refractivity contribution in [1.82, 2.24) is 0 Å². The predicted octanol–water partition coefficient (Wildman–Crippen LogP) is -0.681. The van der Waals surface area contributed by atoms with Gasteiger partial charge in [0.15, 0.2) is 5.25 Å². The van der Waals surface area contributed by atoms with Gasteiger partial charge in [-0.2, -0.15) is 0 Å². The molecular formula is C26H47NaO11S. The van der Waals surface area contributed by atoms with Crippen LogP contribution in [0.5, 0.6) is 0 Å². The smallest absolute Gasteiger partial charge is 0.747 e. The van der Waals surface area contributed by atoms with Crippen molar-refractivity contribution < 1.29 is 81.3 Å². The fourth-order valence-corrected chi connectivity index (χ4v) is 4.92. The summed E-state index contributed by atoms with van der Waals surface area (Å²) in [7, 11) is -5.01. The number of aliphatic hydroxyl groups excluding tert-OH is 2. The molecule has 0 aromatic rings. The molecule has 2 rings (SSSR count). The summed E-state index contributed by atoms with van der Waals surface area (Å²) in [6, 6.07) is 0. The summed E-state index contributed by atoms with van der Waals surface area (Å²) in [5, 5.41) is 16.3. The summed E-state index contributed by atoms with van der Waals surface area (Å²) < 4.78 is 54.7. The van der Waals surface area contributed by atoms with Crippen molar-refractivity contribution in [3.8, 4) is 0 Å². The van der Waals surface area contributed by atoms with Crippen LogP contribution in [0.3, 0.4) is 0 Å². The molecule has 2 N–H and O–H groups in total. The van der Waals surface area contributed by atoms with E-state index in [4.69, 9.17) is 29.2 Å². The van der Waals surface area contributed by atoms with E-state index >= 15 is 0 Å². The van der Waals surface area contributed by atoms with E-state index in [1.54, 1.807) is 0 Å². The van der Waals surface area contributed by atoms with Crippen LogP contribution in [-0.2, 0) is 38.7 Å². The Morgan fingerprint density at radius 3 is 1.69 bits per heavy atom. The van der Waals surface area contributed by atoms with Crippen LogP contribution in [0.4, 0.5) is 0 Å². The summed E-state index contributed by atoms with van der Waals surface area (Å²) in [5.41, 5.74) is 0. The van der Waals surface area contributed by atoms with Gasteiger partial charge in [0.2, 0.25) is 0 Å². The molecule has 2 aliphatic rings. The first-order chi connectivity index (χ1) is 18.0. The normalized spacial score (nSPS) is 24.4. The van der Waals surface area contributed by atoms with E-state index in [0.717, 1.165) is 51.4 Å².